The van der Waals surface area contributed by atoms with Crippen LogP contribution in [0.15, 0.2) is 78.9 Å². The highest BCUT2D eigenvalue weighted by molar-refractivity contribution is 5.78. The van der Waals surface area contributed by atoms with Crippen LogP contribution < -0.4 is 10.1 Å². The van der Waals surface area contributed by atoms with Crippen molar-refractivity contribution in [2.75, 3.05) is 19.5 Å². The number of benzene rings is 3. The summed E-state index contributed by atoms with van der Waals surface area (Å²) < 4.78 is 5.38. The lowest BCUT2D eigenvalue weighted by atomic mass is 10.1. The van der Waals surface area contributed by atoms with Crippen LogP contribution in [0.25, 0.3) is 0 Å². The average Bonchev–Trinajstić information content (AvgIpc) is 2.74. The van der Waals surface area contributed by atoms with Crippen molar-refractivity contribution in [3.05, 3.63) is 95.6 Å². The van der Waals surface area contributed by atoms with E-state index in [1.807, 2.05) is 85.9 Å². The van der Waals surface area contributed by atoms with Crippen molar-refractivity contribution in [2.45, 2.75) is 19.5 Å². The lowest BCUT2D eigenvalue weighted by Crippen LogP contribution is -2.27. The third-order valence-electron chi connectivity index (χ3n) is 4.67. The summed E-state index contributed by atoms with van der Waals surface area (Å²) >= 11 is 0. The minimum absolute atomic E-state index is 0.110. The number of amides is 1. The topological polar surface area (TPSA) is 41.6 Å². The first-order valence-corrected chi connectivity index (χ1v) is 9.38. The van der Waals surface area contributed by atoms with E-state index in [-0.39, 0.29) is 5.91 Å². The Morgan fingerprint density at radius 2 is 1.57 bits per heavy atom. The van der Waals surface area contributed by atoms with Crippen LogP contribution in [0.1, 0.15) is 16.7 Å². The number of hydrogen-bond donors (Lipinski definition) is 1. The molecule has 0 atom stereocenters. The standard InChI is InChI=1S/C24H26N2O2/c1-26(18-20-8-4-3-5-9-20)24(27)16-19-12-14-22(15-13-19)25-17-21-10-6-7-11-23(21)28-2/h3-15,25H,16-18H2,1-2H3. The fraction of sp³-hybridized carbons (Fsp3) is 0.208. The fourth-order valence-corrected chi connectivity index (χ4v) is 3.04. The number of hydrogen-bond acceptors (Lipinski definition) is 3. The molecule has 3 aromatic carbocycles. The summed E-state index contributed by atoms with van der Waals surface area (Å²) in [6.07, 6.45) is 0.399. The van der Waals surface area contributed by atoms with E-state index >= 15 is 0 Å². The van der Waals surface area contributed by atoms with Gasteiger partial charge in [0.15, 0.2) is 0 Å². The number of nitrogens with zero attached hydrogens (tertiary/aromatic N) is 1. The Hall–Kier alpha value is -3.27. The molecular weight excluding hydrogens is 348 g/mol. The molecule has 0 heterocycles. The van der Waals surface area contributed by atoms with Gasteiger partial charge in [0, 0.05) is 31.4 Å². The van der Waals surface area contributed by atoms with Crippen molar-refractivity contribution in [2.24, 2.45) is 0 Å². The number of methoxy groups -OCH3 is 1. The van der Waals surface area contributed by atoms with E-state index in [1.54, 1.807) is 12.0 Å². The quantitative estimate of drug-likeness (QED) is 0.631. The molecule has 0 radical (unpaired) electrons. The largest absolute Gasteiger partial charge is 0.496 e. The van der Waals surface area contributed by atoms with Crippen LogP contribution >= 0.6 is 0 Å². The minimum atomic E-state index is 0.110. The molecule has 0 saturated carbocycles. The average molecular weight is 374 g/mol. The maximum absolute atomic E-state index is 12.5. The van der Waals surface area contributed by atoms with Gasteiger partial charge in [-0.1, -0.05) is 60.7 Å². The van der Waals surface area contributed by atoms with Crippen molar-refractivity contribution in [3.8, 4) is 5.75 Å². The van der Waals surface area contributed by atoms with Gasteiger partial charge in [-0.25, -0.2) is 0 Å². The molecule has 0 aromatic heterocycles. The zero-order chi connectivity index (χ0) is 19.8. The van der Waals surface area contributed by atoms with Gasteiger partial charge in [-0.05, 0) is 29.3 Å². The van der Waals surface area contributed by atoms with Gasteiger partial charge in [0.05, 0.1) is 13.5 Å². The Labute approximate surface area is 166 Å². The first-order valence-electron chi connectivity index (χ1n) is 9.38. The minimum Gasteiger partial charge on any atom is -0.496 e. The van der Waals surface area contributed by atoms with Crippen LogP contribution in [0, 0.1) is 0 Å². The third-order valence-corrected chi connectivity index (χ3v) is 4.67. The number of carbonyl (C=O) groups is 1. The van der Waals surface area contributed by atoms with E-state index in [0.717, 1.165) is 28.1 Å². The summed E-state index contributed by atoms with van der Waals surface area (Å²) in [4.78, 5) is 14.2. The molecule has 4 heteroatoms. The SMILES string of the molecule is COc1ccccc1CNc1ccc(CC(=O)N(C)Cc2ccccc2)cc1. The van der Waals surface area contributed by atoms with Crippen LogP contribution in [-0.2, 0) is 24.3 Å². The first kappa shape index (κ1) is 19.5. The molecule has 1 amide bonds. The van der Waals surface area contributed by atoms with E-state index in [9.17, 15) is 4.79 Å². The van der Waals surface area contributed by atoms with Gasteiger partial charge in [0.25, 0.3) is 0 Å². The summed E-state index contributed by atoms with van der Waals surface area (Å²) in [5.74, 6) is 0.984. The first-order chi connectivity index (χ1) is 13.7. The number of anilines is 1. The number of nitrogens with one attached hydrogen (secondary N) is 1. The van der Waals surface area contributed by atoms with E-state index in [1.165, 1.54) is 0 Å². The van der Waals surface area contributed by atoms with E-state index in [4.69, 9.17) is 4.74 Å². The van der Waals surface area contributed by atoms with Crippen molar-refractivity contribution in [3.63, 3.8) is 0 Å². The number of para-hydroxylation sites is 1. The molecule has 3 aromatic rings. The van der Waals surface area contributed by atoms with Gasteiger partial charge >= 0.3 is 0 Å². The second-order valence-corrected chi connectivity index (χ2v) is 6.77. The lowest BCUT2D eigenvalue weighted by Gasteiger charge is -2.17. The van der Waals surface area contributed by atoms with Crippen LogP contribution in [0.5, 0.6) is 5.75 Å². The van der Waals surface area contributed by atoms with Crippen molar-refractivity contribution in [1.82, 2.24) is 4.90 Å². The summed E-state index contributed by atoms with van der Waals surface area (Å²) in [5, 5.41) is 3.40. The van der Waals surface area contributed by atoms with E-state index < -0.39 is 0 Å². The number of likely N-dealkylation sites (N-methyl/N-ethyl adjacent to an activating group) is 1. The third kappa shape index (κ3) is 5.36. The smallest absolute Gasteiger partial charge is 0.227 e. The lowest BCUT2D eigenvalue weighted by molar-refractivity contribution is -0.129. The maximum Gasteiger partial charge on any atom is 0.227 e. The van der Waals surface area contributed by atoms with E-state index in [0.29, 0.717) is 19.5 Å². The number of rotatable bonds is 8. The molecule has 0 aliphatic carbocycles. The zero-order valence-electron chi connectivity index (χ0n) is 16.4. The molecule has 0 bridgehead atoms. The highest BCUT2D eigenvalue weighted by Gasteiger charge is 2.10. The van der Waals surface area contributed by atoms with Crippen molar-refractivity contribution in [1.29, 1.82) is 0 Å². The van der Waals surface area contributed by atoms with Gasteiger partial charge in [-0.3, -0.25) is 4.79 Å². The molecule has 144 valence electrons. The van der Waals surface area contributed by atoms with Gasteiger partial charge in [0.1, 0.15) is 5.75 Å². The number of ether oxygens (including phenoxy) is 1. The molecule has 28 heavy (non-hydrogen) atoms. The van der Waals surface area contributed by atoms with Crippen molar-refractivity contribution >= 4 is 11.6 Å². The molecule has 0 saturated heterocycles. The highest BCUT2D eigenvalue weighted by atomic mass is 16.5. The summed E-state index contributed by atoms with van der Waals surface area (Å²) in [5.41, 5.74) is 4.26. The predicted octanol–water partition coefficient (Wildman–Crippen LogP) is 4.51. The Morgan fingerprint density at radius 1 is 0.893 bits per heavy atom. The van der Waals surface area contributed by atoms with Gasteiger partial charge in [0.2, 0.25) is 5.91 Å². The zero-order valence-corrected chi connectivity index (χ0v) is 16.4. The Bertz CT molecular complexity index is 892. The second-order valence-electron chi connectivity index (χ2n) is 6.77. The highest BCUT2D eigenvalue weighted by Crippen LogP contribution is 2.19. The predicted molar refractivity (Wildman–Crippen MR) is 113 cm³/mol. The molecule has 1 N–H and O–H groups in total. The number of carbonyl (C=O) groups excluding carboxylic acids is 1. The summed E-state index contributed by atoms with van der Waals surface area (Å²) in [6.45, 7) is 1.31. The molecule has 0 unspecified atom stereocenters. The normalized spacial score (nSPS) is 10.4. The Morgan fingerprint density at radius 3 is 2.29 bits per heavy atom. The van der Waals surface area contributed by atoms with E-state index in [2.05, 4.69) is 5.32 Å². The Balaban J connectivity index is 1.53. The monoisotopic (exact) mass is 374 g/mol. The molecular formula is C24H26N2O2. The Kier molecular flexibility index (Phi) is 6.68. The molecule has 0 spiro atoms. The van der Waals surface area contributed by atoms with Gasteiger partial charge < -0.3 is 15.0 Å². The molecule has 0 aliphatic rings. The fourth-order valence-electron chi connectivity index (χ4n) is 3.04. The molecule has 3 rings (SSSR count). The summed E-state index contributed by atoms with van der Waals surface area (Å²) in [7, 11) is 3.53. The maximum atomic E-state index is 12.5. The molecule has 4 nitrogen and oxygen atoms in total. The van der Waals surface area contributed by atoms with Crippen molar-refractivity contribution < 1.29 is 9.53 Å². The summed E-state index contributed by atoms with van der Waals surface area (Å²) in [6, 6.07) is 26.0. The molecule has 0 aliphatic heterocycles. The van der Waals surface area contributed by atoms with Gasteiger partial charge in [-0.15, -0.1) is 0 Å². The van der Waals surface area contributed by atoms with Crippen LogP contribution in [0.3, 0.4) is 0 Å². The van der Waals surface area contributed by atoms with Crippen LogP contribution in [0.4, 0.5) is 5.69 Å². The van der Waals surface area contributed by atoms with Crippen LogP contribution in [0.2, 0.25) is 0 Å². The van der Waals surface area contributed by atoms with Gasteiger partial charge in [-0.2, -0.15) is 0 Å². The molecule has 0 fully saturated rings. The second kappa shape index (κ2) is 9.60. The van der Waals surface area contributed by atoms with Crippen LogP contribution in [-0.4, -0.2) is 25.0 Å².